The molecular weight excluding hydrogens is 280 g/mol. The van der Waals surface area contributed by atoms with Gasteiger partial charge in [0, 0.05) is 6.54 Å². The summed E-state index contributed by atoms with van der Waals surface area (Å²) >= 11 is 1.20. The first-order chi connectivity index (χ1) is 9.69. The summed E-state index contributed by atoms with van der Waals surface area (Å²) in [6.07, 6.45) is 0.869. The van der Waals surface area contributed by atoms with Crippen LogP contribution in [-0.2, 0) is 9.53 Å². The lowest BCUT2D eigenvalue weighted by Crippen LogP contribution is -2.10. The van der Waals surface area contributed by atoms with Crippen LogP contribution >= 0.6 is 11.8 Å². The third kappa shape index (κ3) is 6.05. The highest BCUT2D eigenvalue weighted by molar-refractivity contribution is 7.99. The van der Waals surface area contributed by atoms with Gasteiger partial charge in [-0.05, 0) is 20.3 Å². The molecule has 1 rings (SSSR count). The van der Waals surface area contributed by atoms with E-state index in [0.29, 0.717) is 30.9 Å². The van der Waals surface area contributed by atoms with E-state index in [0.717, 1.165) is 6.42 Å². The highest BCUT2D eigenvalue weighted by Gasteiger charge is 2.10. The van der Waals surface area contributed by atoms with Crippen LogP contribution in [0.4, 0.5) is 5.95 Å². The Bertz CT molecular complexity index is 431. The van der Waals surface area contributed by atoms with Crippen molar-refractivity contribution in [2.75, 3.05) is 30.8 Å². The van der Waals surface area contributed by atoms with E-state index in [1.165, 1.54) is 11.8 Å². The number of nitrogens with one attached hydrogen (secondary N) is 1. The lowest BCUT2D eigenvalue weighted by Gasteiger charge is -2.07. The number of aromatic nitrogens is 3. The van der Waals surface area contributed by atoms with E-state index >= 15 is 0 Å². The largest absolute Gasteiger partial charge is 0.465 e. The SMILES string of the molecule is CCCOc1nc(NCC)nc(SCC(=O)OCC)n1. The summed E-state index contributed by atoms with van der Waals surface area (Å²) in [7, 11) is 0. The Balaban J connectivity index is 2.71. The van der Waals surface area contributed by atoms with Gasteiger partial charge in [0.05, 0.1) is 19.0 Å². The topological polar surface area (TPSA) is 86.2 Å². The van der Waals surface area contributed by atoms with Crippen molar-refractivity contribution in [2.45, 2.75) is 32.3 Å². The van der Waals surface area contributed by atoms with E-state index < -0.39 is 0 Å². The minimum absolute atomic E-state index is 0.163. The van der Waals surface area contributed by atoms with Gasteiger partial charge in [0.1, 0.15) is 0 Å². The molecule has 1 aromatic rings. The first kappa shape index (κ1) is 16.5. The Morgan fingerprint density at radius 1 is 1.25 bits per heavy atom. The molecule has 20 heavy (non-hydrogen) atoms. The predicted molar refractivity (Wildman–Crippen MR) is 77.1 cm³/mol. The maximum atomic E-state index is 11.3. The number of thioether (sulfide) groups is 1. The van der Waals surface area contributed by atoms with Gasteiger partial charge < -0.3 is 14.8 Å². The second-order valence-electron chi connectivity index (χ2n) is 3.70. The molecule has 0 saturated carbocycles. The van der Waals surface area contributed by atoms with Crippen molar-refractivity contribution in [2.24, 2.45) is 0 Å². The number of hydrogen-bond acceptors (Lipinski definition) is 8. The first-order valence-corrected chi connectivity index (χ1v) is 7.59. The normalized spacial score (nSPS) is 10.2. The summed E-state index contributed by atoms with van der Waals surface area (Å²) < 4.78 is 10.3. The zero-order valence-corrected chi connectivity index (χ0v) is 12.8. The first-order valence-electron chi connectivity index (χ1n) is 6.60. The van der Waals surface area contributed by atoms with Crippen LogP contribution in [0.3, 0.4) is 0 Å². The van der Waals surface area contributed by atoms with Crippen LogP contribution in [0.5, 0.6) is 6.01 Å². The summed E-state index contributed by atoms with van der Waals surface area (Å²) in [4.78, 5) is 23.8. The van der Waals surface area contributed by atoms with Crippen molar-refractivity contribution in [1.29, 1.82) is 0 Å². The molecule has 0 spiro atoms. The van der Waals surface area contributed by atoms with Crippen molar-refractivity contribution < 1.29 is 14.3 Å². The molecule has 0 unspecified atom stereocenters. The second-order valence-corrected chi connectivity index (χ2v) is 4.64. The van der Waals surface area contributed by atoms with Gasteiger partial charge in [-0.3, -0.25) is 4.79 Å². The van der Waals surface area contributed by atoms with Crippen LogP contribution in [0.25, 0.3) is 0 Å². The van der Waals surface area contributed by atoms with Crippen LogP contribution in [0, 0.1) is 0 Å². The monoisotopic (exact) mass is 300 g/mol. The van der Waals surface area contributed by atoms with E-state index in [4.69, 9.17) is 9.47 Å². The minimum atomic E-state index is -0.293. The molecule has 0 aliphatic heterocycles. The van der Waals surface area contributed by atoms with Gasteiger partial charge >= 0.3 is 12.0 Å². The van der Waals surface area contributed by atoms with E-state index in [2.05, 4.69) is 20.3 Å². The summed E-state index contributed by atoms with van der Waals surface area (Å²) in [5.74, 6) is 0.315. The molecule has 7 nitrogen and oxygen atoms in total. The maximum absolute atomic E-state index is 11.3. The fourth-order valence-corrected chi connectivity index (χ4v) is 1.85. The molecule has 8 heteroatoms. The molecule has 1 aromatic heterocycles. The number of ether oxygens (including phenoxy) is 2. The van der Waals surface area contributed by atoms with Crippen molar-refractivity contribution in [1.82, 2.24) is 15.0 Å². The molecule has 0 saturated heterocycles. The smallest absolute Gasteiger partial charge is 0.322 e. The van der Waals surface area contributed by atoms with Gasteiger partial charge in [-0.15, -0.1) is 0 Å². The fourth-order valence-electron chi connectivity index (χ4n) is 1.22. The number of hydrogen-bond donors (Lipinski definition) is 1. The van der Waals surface area contributed by atoms with E-state index in [1.807, 2.05) is 13.8 Å². The van der Waals surface area contributed by atoms with E-state index in [1.54, 1.807) is 6.92 Å². The quantitative estimate of drug-likeness (QED) is 0.545. The Kier molecular flexibility index (Phi) is 7.71. The van der Waals surface area contributed by atoms with Crippen LogP contribution < -0.4 is 10.1 Å². The standard InChI is InChI=1S/C12H20N4O3S/c1-4-7-19-11-14-10(13-5-2)15-12(16-11)20-8-9(17)18-6-3/h4-8H2,1-3H3,(H,13,14,15,16). The van der Waals surface area contributed by atoms with Crippen LogP contribution in [-0.4, -0.2) is 46.4 Å². The van der Waals surface area contributed by atoms with Crippen molar-refractivity contribution in [3.8, 4) is 6.01 Å². The van der Waals surface area contributed by atoms with Crippen LogP contribution in [0.2, 0.25) is 0 Å². The zero-order chi connectivity index (χ0) is 14.8. The number of carbonyl (C=O) groups excluding carboxylic acids is 1. The fraction of sp³-hybridized carbons (Fsp3) is 0.667. The Hall–Kier alpha value is -1.57. The van der Waals surface area contributed by atoms with E-state index in [9.17, 15) is 4.79 Å². The molecule has 0 aliphatic carbocycles. The van der Waals surface area contributed by atoms with Crippen molar-refractivity contribution >= 4 is 23.7 Å². The average molecular weight is 300 g/mol. The van der Waals surface area contributed by atoms with Crippen LogP contribution in [0.1, 0.15) is 27.2 Å². The molecule has 0 fully saturated rings. The molecule has 0 aliphatic rings. The maximum Gasteiger partial charge on any atom is 0.322 e. The summed E-state index contributed by atoms with van der Waals surface area (Å²) in [6.45, 7) is 7.32. The van der Waals surface area contributed by atoms with Gasteiger partial charge in [0.25, 0.3) is 0 Å². The lowest BCUT2D eigenvalue weighted by molar-refractivity contribution is -0.139. The highest BCUT2D eigenvalue weighted by atomic mass is 32.2. The molecule has 0 radical (unpaired) electrons. The summed E-state index contributed by atoms with van der Waals surface area (Å²) in [5.41, 5.74) is 0. The van der Waals surface area contributed by atoms with Crippen molar-refractivity contribution in [3.05, 3.63) is 0 Å². The molecular formula is C12H20N4O3S. The number of carbonyl (C=O) groups is 1. The molecule has 1 N–H and O–H groups in total. The lowest BCUT2D eigenvalue weighted by atomic mass is 10.5. The van der Waals surface area contributed by atoms with Crippen molar-refractivity contribution in [3.63, 3.8) is 0 Å². The summed E-state index contributed by atoms with van der Waals surface area (Å²) in [5, 5.41) is 3.45. The third-order valence-corrected chi connectivity index (χ3v) is 2.81. The van der Waals surface area contributed by atoms with Gasteiger partial charge in [-0.25, -0.2) is 0 Å². The summed E-state index contributed by atoms with van der Waals surface area (Å²) in [6, 6.07) is 0.268. The van der Waals surface area contributed by atoms with Gasteiger partial charge in [-0.2, -0.15) is 15.0 Å². The molecule has 112 valence electrons. The third-order valence-electron chi connectivity index (χ3n) is 1.99. The van der Waals surface area contributed by atoms with E-state index in [-0.39, 0.29) is 17.7 Å². The van der Waals surface area contributed by atoms with Gasteiger partial charge in [0.15, 0.2) is 5.16 Å². The number of esters is 1. The molecule has 1 heterocycles. The molecule has 0 atom stereocenters. The second kappa shape index (κ2) is 9.35. The Labute approximate surface area is 122 Å². The Morgan fingerprint density at radius 3 is 2.70 bits per heavy atom. The van der Waals surface area contributed by atoms with Gasteiger partial charge in [0.2, 0.25) is 5.95 Å². The molecule has 0 amide bonds. The minimum Gasteiger partial charge on any atom is -0.465 e. The zero-order valence-electron chi connectivity index (χ0n) is 12.0. The number of anilines is 1. The van der Waals surface area contributed by atoms with Gasteiger partial charge in [-0.1, -0.05) is 18.7 Å². The molecule has 0 aromatic carbocycles. The average Bonchev–Trinajstić information content (AvgIpc) is 2.43. The van der Waals surface area contributed by atoms with Crippen LogP contribution in [0.15, 0.2) is 5.16 Å². The molecule has 0 bridgehead atoms. The number of rotatable bonds is 9. The number of nitrogens with zero attached hydrogens (tertiary/aromatic N) is 3. The Morgan fingerprint density at radius 2 is 2.05 bits per heavy atom. The predicted octanol–water partition coefficient (Wildman–Crippen LogP) is 1.75. The highest BCUT2D eigenvalue weighted by Crippen LogP contribution is 2.17.